The highest BCUT2D eigenvalue weighted by molar-refractivity contribution is 8.01. The summed E-state index contributed by atoms with van der Waals surface area (Å²) in [5, 5.41) is 12.3. The smallest absolute Gasteiger partial charge is 0.321 e. The first-order valence-electron chi connectivity index (χ1n) is 5.11. The number of urea groups is 1. The molecule has 0 bridgehead atoms. The lowest BCUT2D eigenvalue weighted by Gasteiger charge is -2.11. The summed E-state index contributed by atoms with van der Waals surface area (Å²) in [6.07, 6.45) is 0.821. The van der Waals surface area contributed by atoms with E-state index in [0.29, 0.717) is 4.34 Å². The molecule has 6 nitrogen and oxygen atoms in total. The number of aromatic nitrogens is 2. The van der Waals surface area contributed by atoms with Crippen molar-refractivity contribution in [3.05, 3.63) is 5.51 Å². The van der Waals surface area contributed by atoms with Crippen LogP contribution in [-0.4, -0.2) is 33.9 Å². The summed E-state index contributed by atoms with van der Waals surface area (Å²) < 4.78 is 0.711. The Bertz CT molecular complexity index is 369. The zero-order chi connectivity index (χ0) is 12.7. The van der Waals surface area contributed by atoms with Crippen LogP contribution in [0, 0.1) is 0 Å². The van der Waals surface area contributed by atoms with Gasteiger partial charge in [-0.15, -0.1) is 10.2 Å². The first kappa shape index (κ1) is 13.9. The highest BCUT2D eigenvalue weighted by Crippen LogP contribution is 2.17. The van der Waals surface area contributed by atoms with E-state index in [2.05, 4.69) is 20.8 Å². The highest BCUT2D eigenvalue weighted by Gasteiger charge is 2.10. The van der Waals surface area contributed by atoms with E-state index in [4.69, 9.17) is 0 Å². The van der Waals surface area contributed by atoms with E-state index in [9.17, 15) is 9.59 Å². The van der Waals surface area contributed by atoms with E-state index in [1.807, 2.05) is 13.8 Å². The van der Waals surface area contributed by atoms with Crippen molar-refractivity contribution < 1.29 is 9.59 Å². The lowest BCUT2D eigenvalue weighted by Crippen LogP contribution is -2.43. The second-order valence-corrected chi connectivity index (χ2v) is 5.38. The monoisotopic (exact) mass is 274 g/mol. The van der Waals surface area contributed by atoms with E-state index in [1.54, 1.807) is 5.51 Å². The Labute approximate surface area is 108 Å². The quantitative estimate of drug-likeness (QED) is 0.790. The van der Waals surface area contributed by atoms with Gasteiger partial charge in [-0.2, -0.15) is 0 Å². The van der Waals surface area contributed by atoms with E-state index < -0.39 is 6.03 Å². The fourth-order valence-corrected chi connectivity index (χ4v) is 2.17. The Morgan fingerprint density at radius 2 is 2.35 bits per heavy atom. The molecule has 0 spiro atoms. The van der Waals surface area contributed by atoms with Crippen molar-refractivity contribution >= 4 is 35.0 Å². The summed E-state index contributed by atoms with van der Waals surface area (Å²) in [5.41, 5.74) is 1.59. The molecule has 0 aliphatic rings. The van der Waals surface area contributed by atoms with Crippen molar-refractivity contribution in [3.8, 4) is 0 Å². The molecular weight excluding hydrogens is 260 g/mol. The molecule has 1 aromatic rings. The number of thioether (sulfide) groups is 1. The average molecular weight is 274 g/mol. The molecule has 0 fully saturated rings. The van der Waals surface area contributed by atoms with Gasteiger partial charge >= 0.3 is 6.03 Å². The van der Waals surface area contributed by atoms with Crippen molar-refractivity contribution in [2.75, 3.05) is 5.75 Å². The SMILES string of the molecule is CC[C@@H](C)NC(=O)NC(=O)CSc1nncs1. The van der Waals surface area contributed by atoms with Crippen molar-refractivity contribution in [1.82, 2.24) is 20.8 Å². The number of imide groups is 1. The molecule has 17 heavy (non-hydrogen) atoms. The van der Waals surface area contributed by atoms with Crippen LogP contribution in [-0.2, 0) is 4.79 Å². The van der Waals surface area contributed by atoms with Gasteiger partial charge in [0.05, 0.1) is 5.75 Å². The zero-order valence-electron chi connectivity index (χ0n) is 9.60. The molecule has 0 radical (unpaired) electrons. The summed E-state index contributed by atoms with van der Waals surface area (Å²) in [7, 11) is 0. The van der Waals surface area contributed by atoms with Crippen LogP contribution < -0.4 is 10.6 Å². The third-order valence-electron chi connectivity index (χ3n) is 1.91. The minimum Gasteiger partial charge on any atom is -0.335 e. The van der Waals surface area contributed by atoms with Gasteiger partial charge in [0.15, 0.2) is 4.34 Å². The van der Waals surface area contributed by atoms with Crippen molar-refractivity contribution in [3.63, 3.8) is 0 Å². The second-order valence-electron chi connectivity index (χ2n) is 3.32. The topological polar surface area (TPSA) is 84.0 Å². The largest absolute Gasteiger partial charge is 0.335 e. The van der Waals surface area contributed by atoms with Crippen molar-refractivity contribution in [1.29, 1.82) is 0 Å². The standard InChI is InChI=1S/C9H14N4O2S2/c1-3-6(2)11-8(15)12-7(14)4-16-9-13-10-5-17-9/h5-6H,3-4H2,1-2H3,(H2,11,12,14,15)/t6-/m1/s1. The maximum absolute atomic E-state index is 11.4. The number of carbonyl (C=O) groups excluding carboxylic acids is 2. The fourth-order valence-electron chi connectivity index (χ4n) is 0.878. The molecule has 2 N–H and O–H groups in total. The zero-order valence-corrected chi connectivity index (χ0v) is 11.2. The second kappa shape index (κ2) is 7.23. The predicted molar refractivity (Wildman–Crippen MR) is 67.1 cm³/mol. The van der Waals surface area contributed by atoms with Gasteiger partial charge in [0.1, 0.15) is 5.51 Å². The first-order valence-corrected chi connectivity index (χ1v) is 6.97. The molecule has 0 unspecified atom stereocenters. The number of carbonyl (C=O) groups is 2. The summed E-state index contributed by atoms with van der Waals surface area (Å²) in [4.78, 5) is 22.7. The van der Waals surface area contributed by atoms with Gasteiger partial charge in [0.25, 0.3) is 0 Å². The third kappa shape index (κ3) is 5.64. The molecular formula is C9H14N4O2S2. The van der Waals surface area contributed by atoms with Crippen molar-refractivity contribution in [2.45, 2.75) is 30.6 Å². The summed E-state index contributed by atoms with van der Waals surface area (Å²) >= 11 is 2.61. The van der Waals surface area contributed by atoms with Crippen LogP contribution >= 0.6 is 23.1 Å². The Morgan fingerprint density at radius 1 is 1.59 bits per heavy atom. The van der Waals surface area contributed by atoms with Gasteiger partial charge in [-0.3, -0.25) is 10.1 Å². The molecule has 0 aliphatic heterocycles. The van der Waals surface area contributed by atoms with Crippen LogP contribution in [0.3, 0.4) is 0 Å². The summed E-state index contributed by atoms with van der Waals surface area (Å²) in [6, 6.07) is -0.402. The van der Waals surface area contributed by atoms with Crippen LogP contribution in [0.15, 0.2) is 9.85 Å². The van der Waals surface area contributed by atoms with Crippen LogP contribution in [0.5, 0.6) is 0 Å². The Morgan fingerprint density at radius 3 is 2.94 bits per heavy atom. The maximum atomic E-state index is 11.4. The summed E-state index contributed by atoms with van der Waals surface area (Å²) in [6.45, 7) is 3.83. The predicted octanol–water partition coefficient (Wildman–Crippen LogP) is 1.25. The molecule has 0 saturated heterocycles. The lowest BCUT2D eigenvalue weighted by molar-refractivity contribution is -0.117. The van der Waals surface area contributed by atoms with Crippen LogP contribution in [0.2, 0.25) is 0 Å². The molecule has 0 saturated carbocycles. The number of amides is 3. The molecule has 1 rings (SSSR count). The fraction of sp³-hybridized carbons (Fsp3) is 0.556. The minimum atomic E-state index is -0.456. The van der Waals surface area contributed by atoms with E-state index in [0.717, 1.165) is 6.42 Å². The molecule has 1 heterocycles. The lowest BCUT2D eigenvalue weighted by atomic mass is 10.3. The van der Waals surface area contributed by atoms with Crippen LogP contribution in [0.25, 0.3) is 0 Å². The van der Waals surface area contributed by atoms with Gasteiger partial charge in [-0.25, -0.2) is 4.79 Å². The average Bonchev–Trinajstić information content (AvgIpc) is 2.78. The number of nitrogens with zero attached hydrogens (tertiary/aromatic N) is 2. The van der Waals surface area contributed by atoms with Crippen LogP contribution in [0.4, 0.5) is 4.79 Å². The number of hydrogen-bond acceptors (Lipinski definition) is 6. The maximum Gasteiger partial charge on any atom is 0.321 e. The minimum absolute atomic E-state index is 0.0543. The van der Waals surface area contributed by atoms with Gasteiger partial charge in [-0.1, -0.05) is 30.0 Å². The Hall–Kier alpha value is -1.15. The number of rotatable bonds is 5. The molecule has 0 aromatic carbocycles. The molecule has 8 heteroatoms. The molecule has 3 amide bonds. The van der Waals surface area contributed by atoms with Crippen molar-refractivity contribution in [2.24, 2.45) is 0 Å². The number of nitrogens with one attached hydrogen (secondary N) is 2. The van der Waals surface area contributed by atoms with Gasteiger partial charge in [-0.05, 0) is 13.3 Å². The van der Waals surface area contributed by atoms with E-state index in [1.165, 1.54) is 23.1 Å². The highest BCUT2D eigenvalue weighted by atomic mass is 32.2. The van der Waals surface area contributed by atoms with Gasteiger partial charge in [0, 0.05) is 6.04 Å². The van der Waals surface area contributed by atoms with Gasteiger partial charge < -0.3 is 5.32 Å². The third-order valence-corrected chi connectivity index (χ3v) is 3.77. The van der Waals surface area contributed by atoms with Gasteiger partial charge in [0.2, 0.25) is 5.91 Å². The Balaban J connectivity index is 2.22. The Kier molecular flexibility index (Phi) is 5.92. The van der Waals surface area contributed by atoms with E-state index in [-0.39, 0.29) is 17.7 Å². The molecule has 0 aliphatic carbocycles. The first-order chi connectivity index (χ1) is 8.11. The van der Waals surface area contributed by atoms with E-state index >= 15 is 0 Å². The molecule has 94 valence electrons. The summed E-state index contributed by atoms with van der Waals surface area (Å²) in [5.74, 6) is -0.186. The molecule has 1 atom stereocenters. The molecule has 1 aromatic heterocycles. The number of hydrogen-bond donors (Lipinski definition) is 2. The van der Waals surface area contributed by atoms with Crippen LogP contribution in [0.1, 0.15) is 20.3 Å². The normalized spacial score (nSPS) is 11.9.